The van der Waals surface area contributed by atoms with Gasteiger partial charge in [-0.15, -0.1) is 0 Å². The van der Waals surface area contributed by atoms with Gasteiger partial charge >= 0.3 is 0 Å². The third kappa shape index (κ3) is 4.39. The summed E-state index contributed by atoms with van der Waals surface area (Å²) in [5.41, 5.74) is 6.26. The van der Waals surface area contributed by atoms with Crippen molar-refractivity contribution in [3.8, 4) is 5.75 Å². The van der Waals surface area contributed by atoms with Crippen LogP contribution in [-0.4, -0.2) is 12.5 Å². The van der Waals surface area contributed by atoms with E-state index >= 15 is 0 Å². The summed E-state index contributed by atoms with van der Waals surface area (Å²) in [5, 5.41) is 2.75. The number of furan rings is 1. The summed E-state index contributed by atoms with van der Waals surface area (Å²) in [4.78, 5) is 11.5. The lowest BCUT2D eigenvalue weighted by atomic mass is 10.3. The molecular weight excluding hydrogens is 244 g/mol. The summed E-state index contributed by atoms with van der Waals surface area (Å²) in [6, 6.07) is 10.7. The predicted octanol–water partition coefficient (Wildman–Crippen LogP) is 1.95. The number of rotatable bonds is 6. The topological polar surface area (TPSA) is 77.5 Å². The minimum absolute atomic E-state index is 0.0831. The molecule has 0 aliphatic heterocycles. The molecule has 0 fully saturated rings. The van der Waals surface area contributed by atoms with E-state index in [-0.39, 0.29) is 12.3 Å². The predicted molar refractivity (Wildman–Crippen MR) is 71.5 cm³/mol. The Morgan fingerprint density at radius 2 is 2.21 bits per heavy atom. The van der Waals surface area contributed by atoms with Crippen molar-refractivity contribution in [2.75, 3.05) is 12.3 Å². The van der Waals surface area contributed by atoms with Crippen LogP contribution < -0.4 is 15.8 Å². The molecule has 0 aliphatic rings. The van der Waals surface area contributed by atoms with Crippen molar-refractivity contribution < 1.29 is 13.9 Å². The van der Waals surface area contributed by atoms with Crippen LogP contribution in [0.25, 0.3) is 0 Å². The van der Waals surface area contributed by atoms with Gasteiger partial charge in [0.1, 0.15) is 11.5 Å². The highest BCUT2D eigenvalue weighted by molar-refractivity contribution is 5.75. The SMILES string of the molecule is Nc1cccc(OCCC(=O)NCc2ccco2)c1. The summed E-state index contributed by atoms with van der Waals surface area (Å²) in [5.74, 6) is 1.31. The van der Waals surface area contributed by atoms with Gasteiger partial charge < -0.3 is 20.2 Å². The van der Waals surface area contributed by atoms with E-state index in [1.807, 2.05) is 12.1 Å². The fraction of sp³-hybridized carbons (Fsp3) is 0.214. The van der Waals surface area contributed by atoms with Gasteiger partial charge in [-0.3, -0.25) is 4.79 Å². The Hall–Kier alpha value is -2.43. The summed E-state index contributed by atoms with van der Waals surface area (Å²) < 4.78 is 10.5. The molecule has 3 N–H and O–H groups in total. The molecule has 2 aromatic rings. The van der Waals surface area contributed by atoms with Crippen molar-refractivity contribution in [3.05, 3.63) is 48.4 Å². The number of amides is 1. The molecule has 0 spiro atoms. The Balaban J connectivity index is 1.66. The maximum absolute atomic E-state index is 11.5. The highest BCUT2D eigenvalue weighted by Gasteiger charge is 2.03. The standard InChI is InChI=1S/C14H16N2O3/c15-11-3-1-4-12(9-11)19-8-6-14(17)16-10-13-5-2-7-18-13/h1-5,7,9H,6,8,10,15H2,(H,16,17). The van der Waals surface area contributed by atoms with Crippen LogP contribution in [0.5, 0.6) is 5.75 Å². The van der Waals surface area contributed by atoms with Crippen molar-refractivity contribution in [1.82, 2.24) is 5.32 Å². The van der Waals surface area contributed by atoms with Crippen LogP contribution in [0.3, 0.4) is 0 Å². The first kappa shape index (κ1) is 13.0. The number of carbonyl (C=O) groups excluding carboxylic acids is 1. The number of nitrogen functional groups attached to an aromatic ring is 1. The lowest BCUT2D eigenvalue weighted by Gasteiger charge is -2.07. The van der Waals surface area contributed by atoms with E-state index in [2.05, 4.69) is 5.32 Å². The lowest BCUT2D eigenvalue weighted by molar-refractivity contribution is -0.121. The summed E-state index contributed by atoms with van der Waals surface area (Å²) in [7, 11) is 0. The average Bonchev–Trinajstić information content (AvgIpc) is 2.89. The second-order valence-corrected chi connectivity index (χ2v) is 4.03. The van der Waals surface area contributed by atoms with E-state index in [4.69, 9.17) is 14.9 Å². The van der Waals surface area contributed by atoms with E-state index < -0.39 is 0 Å². The number of nitrogens with one attached hydrogen (secondary N) is 1. The highest BCUT2D eigenvalue weighted by Crippen LogP contribution is 2.14. The van der Waals surface area contributed by atoms with Crippen molar-refractivity contribution in [3.63, 3.8) is 0 Å². The third-order valence-corrected chi connectivity index (χ3v) is 2.50. The van der Waals surface area contributed by atoms with Gasteiger partial charge in [-0.05, 0) is 24.3 Å². The molecule has 1 aromatic carbocycles. The Labute approximate surface area is 111 Å². The highest BCUT2D eigenvalue weighted by atomic mass is 16.5. The smallest absolute Gasteiger partial charge is 0.223 e. The minimum atomic E-state index is -0.0831. The van der Waals surface area contributed by atoms with Gasteiger partial charge in [0, 0.05) is 11.8 Å². The van der Waals surface area contributed by atoms with Crippen LogP contribution in [-0.2, 0) is 11.3 Å². The Kier molecular flexibility index (Phi) is 4.44. The Bertz CT molecular complexity index is 523. The molecule has 0 saturated heterocycles. The number of hydrogen-bond donors (Lipinski definition) is 2. The number of nitrogens with two attached hydrogens (primary N) is 1. The first-order chi connectivity index (χ1) is 9.24. The number of carbonyl (C=O) groups is 1. The maximum Gasteiger partial charge on any atom is 0.223 e. The molecule has 5 heteroatoms. The van der Waals surface area contributed by atoms with E-state index in [0.29, 0.717) is 24.6 Å². The summed E-state index contributed by atoms with van der Waals surface area (Å²) in [6.45, 7) is 0.706. The van der Waals surface area contributed by atoms with Gasteiger partial charge in [-0.1, -0.05) is 6.07 Å². The van der Waals surface area contributed by atoms with E-state index in [9.17, 15) is 4.79 Å². The van der Waals surface area contributed by atoms with Crippen molar-refractivity contribution in [2.45, 2.75) is 13.0 Å². The fourth-order valence-corrected chi connectivity index (χ4v) is 1.55. The minimum Gasteiger partial charge on any atom is -0.493 e. The van der Waals surface area contributed by atoms with Gasteiger partial charge in [0.25, 0.3) is 0 Å². The molecule has 2 rings (SSSR count). The number of benzene rings is 1. The van der Waals surface area contributed by atoms with Gasteiger partial charge in [0.15, 0.2) is 0 Å². The third-order valence-electron chi connectivity index (χ3n) is 2.50. The Morgan fingerprint density at radius 1 is 1.32 bits per heavy atom. The molecular formula is C14H16N2O3. The van der Waals surface area contributed by atoms with Gasteiger partial charge in [0.05, 0.1) is 25.8 Å². The number of anilines is 1. The largest absolute Gasteiger partial charge is 0.493 e. The van der Waals surface area contributed by atoms with Gasteiger partial charge in [-0.25, -0.2) is 0 Å². The Morgan fingerprint density at radius 3 is 2.95 bits per heavy atom. The second kappa shape index (κ2) is 6.49. The van der Waals surface area contributed by atoms with Crippen LogP contribution in [0.1, 0.15) is 12.2 Å². The number of ether oxygens (including phenoxy) is 1. The monoisotopic (exact) mass is 260 g/mol. The lowest BCUT2D eigenvalue weighted by Crippen LogP contribution is -2.24. The van der Waals surface area contributed by atoms with Crippen LogP contribution in [0, 0.1) is 0 Å². The molecule has 100 valence electrons. The molecule has 0 radical (unpaired) electrons. The summed E-state index contributed by atoms with van der Waals surface area (Å²) in [6.07, 6.45) is 1.86. The van der Waals surface area contributed by atoms with Crippen LogP contribution in [0.15, 0.2) is 47.1 Å². The van der Waals surface area contributed by atoms with Gasteiger partial charge in [0.2, 0.25) is 5.91 Å². The molecule has 0 bridgehead atoms. The average molecular weight is 260 g/mol. The van der Waals surface area contributed by atoms with Crippen LogP contribution in [0.2, 0.25) is 0 Å². The molecule has 0 unspecified atom stereocenters. The second-order valence-electron chi connectivity index (χ2n) is 4.03. The molecule has 5 nitrogen and oxygen atoms in total. The van der Waals surface area contributed by atoms with Crippen molar-refractivity contribution in [1.29, 1.82) is 0 Å². The maximum atomic E-state index is 11.5. The van der Waals surface area contributed by atoms with Crippen LogP contribution >= 0.6 is 0 Å². The first-order valence-corrected chi connectivity index (χ1v) is 6.01. The zero-order valence-corrected chi connectivity index (χ0v) is 10.5. The molecule has 1 heterocycles. The normalized spacial score (nSPS) is 10.1. The summed E-state index contributed by atoms with van der Waals surface area (Å²) >= 11 is 0. The molecule has 19 heavy (non-hydrogen) atoms. The number of hydrogen-bond acceptors (Lipinski definition) is 4. The van der Waals surface area contributed by atoms with E-state index in [1.54, 1.807) is 30.5 Å². The van der Waals surface area contributed by atoms with Gasteiger partial charge in [-0.2, -0.15) is 0 Å². The zero-order valence-electron chi connectivity index (χ0n) is 10.5. The van der Waals surface area contributed by atoms with Crippen molar-refractivity contribution in [2.24, 2.45) is 0 Å². The molecule has 0 aliphatic carbocycles. The van der Waals surface area contributed by atoms with E-state index in [1.165, 1.54) is 0 Å². The zero-order chi connectivity index (χ0) is 13.5. The van der Waals surface area contributed by atoms with Crippen LogP contribution in [0.4, 0.5) is 5.69 Å². The fourth-order valence-electron chi connectivity index (χ4n) is 1.55. The molecule has 0 saturated carbocycles. The quantitative estimate of drug-likeness (QED) is 0.778. The molecule has 1 aromatic heterocycles. The molecule has 0 atom stereocenters. The molecule has 1 amide bonds. The van der Waals surface area contributed by atoms with Crippen molar-refractivity contribution >= 4 is 11.6 Å². The van der Waals surface area contributed by atoms with E-state index in [0.717, 1.165) is 5.76 Å². The first-order valence-electron chi connectivity index (χ1n) is 6.01.